The van der Waals surface area contributed by atoms with Gasteiger partial charge in [-0.1, -0.05) is 13.8 Å². The normalized spacial score (nSPS) is 13.1. The molecule has 4 nitrogen and oxygen atoms in total. The van der Waals surface area contributed by atoms with E-state index >= 15 is 0 Å². The Kier molecular flexibility index (Phi) is 7.89. The lowest BCUT2D eigenvalue weighted by atomic mass is 10.1. The van der Waals surface area contributed by atoms with E-state index in [0.29, 0.717) is 18.4 Å². The first-order valence-electron chi connectivity index (χ1n) is 7.31. The van der Waals surface area contributed by atoms with Crippen LogP contribution in [0.4, 0.5) is 5.69 Å². The third-order valence-corrected chi connectivity index (χ3v) is 3.64. The van der Waals surface area contributed by atoms with E-state index < -0.39 is 0 Å². The zero-order valence-electron chi connectivity index (χ0n) is 13.5. The summed E-state index contributed by atoms with van der Waals surface area (Å²) in [6.07, 6.45) is 3.94. The first kappa shape index (κ1) is 18.1. The number of aryl methyl sites for hydroxylation is 1. The summed E-state index contributed by atoms with van der Waals surface area (Å²) in [5.41, 5.74) is 1.66. The molecule has 1 heterocycles. The molecule has 0 aliphatic heterocycles. The summed E-state index contributed by atoms with van der Waals surface area (Å²) in [5.74, 6) is 1.33. The molecule has 0 bridgehead atoms. The van der Waals surface area contributed by atoms with Crippen LogP contribution in [0.3, 0.4) is 0 Å². The highest BCUT2D eigenvalue weighted by Crippen LogP contribution is 2.29. The Bertz CT molecular complexity index is 476. The highest BCUT2D eigenvalue weighted by molar-refractivity contribution is 9.10. The Morgan fingerprint density at radius 2 is 2.10 bits per heavy atom. The van der Waals surface area contributed by atoms with Crippen molar-refractivity contribution in [2.75, 3.05) is 13.7 Å². The van der Waals surface area contributed by atoms with Crippen LogP contribution in [0.5, 0.6) is 5.88 Å². The maximum Gasteiger partial charge on any atom is 0.228 e. The fourth-order valence-electron chi connectivity index (χ4n) is 1.69. The van der Waals surface area contributed by atoms with E-state index in [-0.39, 0.29) is 6.10 Å². The molecule has 0 aliphatic carbocycles. The third-order valence-electron chi connectivity index (χ3n) is 3.07. The number of nitrogens with zero attached hydrogens (tertiary/aromatic N) is 2. The Balaban J connectivity index is 2.68. The van der Waals surface area contributed by atoms with Crippen molar-refractivity contribution in [1.29, 1.82) is 0 Å². The largest absolute Gasteiger partial charge is 0.477 e. The molecule has 1 rings (SSSR count). The fourth-order valence-corrected chi connectivity index (χ4v) is 2.11. The molecule has 0 fully saturated rings. The van der Waals surface area contributed by atoms with Gasteiger partial charge in [-0.05, 0) is 54.6 Å². The number of halogens is 1. The van der Waals surface area contributed by atoms with Crippen LogP contribution in [-0.2, 0) is 4.74 Å². The van der Waals surface area contributed by atoms with Gasteiger partial charge in [-0.3, -0.25) is 4.99 Å². The smallest absolute Gasteiger partial charge is 0.228 e. The van der Waals surface area contributed by atoms with Crippen LogP contribution in [0, 0.1) is 12.8 Å². The summed E-state index contributed by atoms with van der Waals surface area (Å²) in [5, 5.41) is 0. The molecule has 0 saturated carbocycles. The van der Waals surface area contributed by atoms with Gasteiger partial charge in [0.25, 0.3) is 0 Å². The minimum Gasteiger partial charge on any atom is -0.477 e. The molecule has 0 aromatic carbocycles. The summed E-state index contributed by atoms with van der Waals surface area (Å²) in [4.78, 5) is 8.87. The standard InChI is InChI=1S/C16H25BrN2O2/c1-11(2)7-6-8-21-16-14(17)9-15(13(4)19-16)18-10-12(3)20-5/h9-12H,6-8H2,1-5H3/b18-10+. The van der Waals surface area contributed by atoms with E-state index in [0.717, 1.165) is 28.7 Å². The number of hydrogen-bond donors (Lipinski definition) is 0. The van der Waals surface area contributed by atoms with Crippen molar-refractivity contribution in [2.24, 2.45) is 10.9 Å². The lowest BCUT2D eigenvalue weighted by molar-refractivity contribution is 0.174. The average molecular weight is 357 g/mol. The molecule has 0 aliphatic rings. The fraction of sp³-hybridized carbons (Fsp3) is 0.625. The predicted molar refractivity (Wildman–Crippen MR) is 90.9 cm³/mol. The second-order valence-electron chi connectivity index (χ2n) is 5.48. The van der Waals surface area contributed by atoms with E-state index in [1.807, 2.05) is 19.9 Å². The number of ether oxygens (including phenoxy) is 2. The predicted octanol–water partition coefficient (Wildman–Crippen LogP) is 4.70. The Morgan fingerprint density at radius 3 is 2.71 bits per heavy atom. The summed E-state index contributed by atoms with van der Waals surface area (Å²) in [7, 11) is 1.66. The number of aromatic nitrogens is 1. The van der Waals surface area contributed by atoms with E-state index in [9.17, 15) is 0 Å². The van der Waals surface area contributed by atoms with Crippen molar-refractivity contribution in [3.63, 3.8) is 0 Å². The van der Waals surface area contributed by atoms with Crippen molar-refractivity contribution in [2.45, 2.75) is 46.6 Å². The minimum absolute atomic E-state index is 0.0184. The molecule has 0 spiro atoms. The lowest BCUT2D eigenvalue weighted by Crippen LogP contribution is -2.05. The summed E-state index contributed by atoms with van der Waals surface area (Å²) in [6, 6.07) is 1.93. The Hall–Kier alpha value is -0.940. The molecule has 118 valence electrons. The Morgan fingerprint density at radius 1 is 1.38 bits per heavy atom. The van der Waals surface area contributed by atoms with Gasteiger partial charge < -0.3 is 9.47 Å². The first-order valence-corrected chi connectivity index (χ1v) is 8.10. The van der Waals surface area contributed by atoms with Gasteiger partial charge in [0.05, 0.1) is 28.6 Å². The lowest BCUT2D eigenvalue weighted by Gasteiger charge is -2.10. The summed E-state index contributed by atoms with van der Waals surface area (Å²) < 4.78 is 11.7. The van der Waals surface area contributed by atoms with Gasteiger partial charge in [0.15, 0.2) is 0 Å². The second kappa shape index (κ2) is 9.15. The number of hydrogen-bond acceptors (Lipinski definition) is 4. The van der Waals surface area contributed by atoms with Gasteiger partial charge in [0, 0.05) is 13.3 Å². The third kappa shape index (κ3) is 6.57. The van der Waals surface area contributed by atoms with Crippen LogP contribution in [-0.4, -0.2) is 31.0 Å². The Labute approximate surface area is 136 Å². The zero-order chi connectivity index (χ0) is 15.8. The van der Waals surface area contributed by atoms with Crippen LogP contribution in [0.15, 0.2) is 15.5 Å². The molecular formula is C16H25BrN2O2. The van der Waals surface area contributed by atoms with E-state index in [1.165, 1.54) is 0 Å². The number of methoxy groups -OCH3 is 1. The monoisotopic (exact) mass is 356 g/mol. The van der Waals surface area contributed by atoms with Crippen molar-refractivity contribution >= 4 is 27.8 Å². The molecule has 1 aromatic heterocycles. The maximum atomic E-state index is 5.74. The number of aliphatic imine (C=N–C) groups is 1. The molecule has 1 unspecified atom stereocenters. The van der Waals surface area contributed by atoms with Gasteiger partial charge in [0.1, 0.15) is 0 Å². The van der Waals surface area contributed by atoms with Gasteiger partial charge in [-0.25, -0.2) is 4.98 Å². The van der Waals surface area contributed by atoms with Crippen molar-refractivity contribution < 1.29 is 9.47 Å². The topological polar surface area (TPSA) is 43.7 Å². The van der Waals surface area contributed by atoms with Crippen molar-refractivity contribution in [1.82, 2.24) is 4.98 Å². The molecule has 0 radical (unpaired) electrons. The van der Waals surface area contributed by atoms with Crippen LogP contribution in [0.1, 0.15) is 39.3 Å². The summed E-state index contributed by atoms with van der Waals surface area (Å²) in [6.45, 7) is 8.98. The second-order valence-corrected chi connectivity index (χ2v) is 6.34. The van der Waals surface area contributed by atoms with Gasteiger partial charge >= 0.3 is 0 Å². The van der Waals surface area contributed by atoms with E-state index in [2.05, 4.69) is 39.8 Å². The maximum absolute atomic E-state index is 5.74. The van der Waals surface area contributed by atoms with Crippen molar-refractivity contribution in [3.8, 4) is 5.88 Å². The zero-order valence-corrected chi connectivity index (χ0v) is 15.1. The molecule has 0 saturated heterocycles. The summed E-state index contributed by atoms with van der Waals surface area (Å²) >= 11 is 3.49. The highest BCUT2D eigenvalue weighted by atomic mass is 79.9. The molecule has 21 heavy (non-hydrogen) atoms. The molecule has 1 aromatic rings. The van der Waals surface area contributed by atoms with E-state index in [1.54, 1.807) is 13.3 Å². The quantitative estimate of drug-likeness (QED) is 0.500. The van der Waals surface area contributed by atoms with Gasteiger partial charge in [0.2, 0.25) is 5.88 Å². The molecular weight excluding hydrogens is 332 g/mol. The number of pyridine rings is 1. The minimum atomic E-state index is -0.0184. The van der Waals surface area contributed by atoms with Gasteiger partial charge in [-0.2, -0.15) is 0 Å². The van der Waals surface area contributed by atoms with Crippen molar-refractivity contribution in [3.05, 3.63) is 16.2 Å². The van der Waals surface area contributed by atoms with Crippen LogP contribution < -0.4 is 4.74 Å². The first-order chi connectivity index (χ1) is 9.93. The highest BCUT2D eigenvalue weighted by Gasteiger charge is 2.08. The molecule has 1 atom stereocenters. The van der Waals surface area contributed by atoms with Gasteiger partial charge in [-0.15, -0.1) is 0 Å². The molecule has 0 amide bonds. The van der Waals surface area contributed by atoms with Crippen LogP contribution >= 0.6 is 15.9 Å². The molecule has 5 heteroatoms. The molecule has 0 N–H and O–H groups in total. The number of rotatable bonds is 8. The van der Waals surface area contributed by atoms with E-state index in [4.69, 9.17) is 9.47 Å². The van der Waals surface area contributed by atoms with Crippen LogP contribution in [0.25, 0.3) is 0 Å². The van der Waals surface area contributed by atoms with Crippen LogP contribution in [0.2, 0.25) is 0 Å². The average Bonchev–Trinajstić information content (AvgIpc) is 2.44. The SMILES string of the molecule is COC(C)/C=N/c1cc(Br)c(OCCCC(C)C)nc1C.